The predicted octanol–water partition coefficient (Wildman–Crippen LogP) is 5.43. The van der Waals surface area contributed by atoms with Crippen LogP contribution in [0.1, 0.15) is 174 Å². The van der Waals surface area contributed by atoms with E-state index in [2.05, 4.69) is 92.1 Å². The number of hydrogen-bond donors (Lipinski definition) is 12. The summed E-state index contributed by atoms with van der Waals surface area (Å²) < 4.78 is 34.3. The zero-order valence-corrected chi connectivity index (χ0v) is 48.0. The van der Waals surface area contributed by atoms with E-state index in [1.54, 1.807) is 0 Å². The molecular weight excluding hydrogens is 1030 g/mol. The van der Waals surface area contributed by atoms with E-state index in [-0.39, 0.29) is 18.9 Å². The van der Waals surface area contributed by atoms with Gasteiger partial charge in [0.1, 0.15) is 73.2 Å². The van der Waals surface area contributed by atoms with Gasteiger partial charge in [0, 0.05) is 6.42 Å². The van der Waals surface area contributed by atoms with Gasteiger partial charge in [-0.1, -0.05) is 177 Å². The lowest BCUT2D eigenvalue weighted by Crippen LogP contribution is -2.66. The Morgan fingerprint density at radius 1 is 0.463 bits per heavy atom. The van der Waals surface area contributed by atoms with E-state index in [0.717, 1.165) is 70.6 Å². The average molecular weight is 1140 g/mol. The molecule has 3 aliphatic rings. The molecule has 0 spiro atoms. The molecule has 0 aliphatic carbocycles. The Balaban J connectivity index is 1.51. The summed E-state index contributed by atoms with van der Waals surface area (Å²) in [4.78, 5) is 13.3. The van der Waals surface area contributed by atoms with Crippen LogP contribution in [0.15, 0.2) is 72.9 Å². The molecule has 3 saturated heterocycles. The largest absolute Gasteiger partial charge is 0.394 e. The van der Waals surface area contributed by atoms with Crippen molar-refractivity contribution in [1.29, 1.82) is 0 Å². The summed E-state index contributed by atoms with van der Waals surface area (Å²) in [6.07, 6.45) is 24.1. The minimum Gasteiger partial charge on any atom is -0.394 e. The Labute approximate surface area is 477 Å². The standard InChI is InChI=1S/C61H105NO18/c1-3-5-7-9-11-13-15-17-19-20-21-22-23-24-25-27-29-31-33-35-37-39-49(67)62-44(45(66)38-36-34-32-30-28-26-18-16-14-12-10-8-6-4-2)43-75-59-55(73)52(70)57(47(41-64)77-59)80-61-56(74)53(71)58(48(42-65)78-61)79-60-54(72)51(69)50(68)46(40-63)76-60/h5,7,11,13,17,19,21-22,24-25,29,31,44-48,50-61,63-66,68-74H,3-4,6,8-10,12,14-16,18,20,23,26-28,30,32-43H2,1-2H3,(H,62,67)/b7-5-,13-11-,19-17-,22-21-,25-24-,31-29-. The van der Waals surface area contributed by atoms with Gasteiger partial charge in [-0.05, 0) is 64.2 Å². The van der Waals surface area contributed by atoms with Gasteiger partial charge in [0.2, 0.25) is 5.91 Å². The second-order valence-electron chi connectivity index (χ2n) is 21.4. The molecule has 0 radical (unpaired) electrons. The van der Waals surface area contributed by atoms with Gasteiger partial charge in [0.05, 0.1) is 38.6 Å². The molecule has 19 heteroatoms. The van der Waals surface area contributed by atoms with Crippen molar-refractivity contribution in [3.8, 4) is 0 Å². The summed E-state index contributed by atoms with van der Waals surface area (Å²) >= 11 is 0. The first-order valence-corrected chi connectivity index (χ1v) is 30.2. The van der Waals surface area contributed by atoms with Crippen molar-refractivity contribution in [2.24, 2.45) is 0 Å². The molecule has 19 nitrogen and oxygen atoms in total. The van der Waals surface area contributed by atoms with Crippen LogP contribution in [0.4, 0.5) is 0 Å². The van der Waals surface area contributed by atoms with E-state index < -0.39 is 124 Å². The van der Waals surface area contributed by atoms with Crippen LogP contribution in [-0.2, 0) is 33.2 Å². The Bertz CT molecular complexity index is 1740. The first kappa shape index (κ1) is 71.5. The number of aliphatic hydroxyl groups excluding tert-OH is 11. The Morgan fingerprint density at radius 3 is 1.32 bits per heavy atom. The molecule has 12 N–H and O–H groups in total. The lowest BCUT2D eigenvalue weighted by atomic mass is 9.96. The molecule has 0 aromatic carbocycles. The first-order valence-electron chi connectivity index (χ1n) is 30.2. The second-order valence-corrected chi connectivity index (χ2v) is 21.4. The van der Waals surface area contributed by atoms with Gasteiger partial charge >= 0.3 is 0 Å². The van der Waals surface area contributed by atoms with E-state index >= 15 is 0 Å². The van der Waals surface area contributed by atoms with Gasteiger partial charge in [-0.2, -0.15) is 0 Å². The highest BCUT2D eigenvalue weighted by Crippen LogP contribution is 2.33. The van der Waals surface area contributed by atoms with Crippen LogP contribution in [0.2, 0.25) is 0 Å². The van der Waals surface area contributed by atoms with Crippen LogP contribution in [-0.4, -0.2) is 193 Å². The SMILES string of the molecule is CC/C=C\C/C=C\C/C=C\C/C=C\C/C=C\C/C=C\CCCCC(=O)NC(COC1OC(CO)C(OC2OC(CO)C(OC3OC(CO)C(O)C(O)C3O)C(O)C2O)C(O)C1O)C(O)CCCCCCCCCCCCCCCC. The van der Waals surface area contributed by atoms with Gasteiger partial charge in [-0.15, -0.1) is 0 Å². The Morgan fingerprint density at radius 2 is 0.863 bits per heavy atom. The first-order chi connectivity index (χ1) is 38.8. The molecule has 3 aliphatic heterocycles. The summed E-state index contributed by atoms with van der Waals surface area (Å²) in [5.74, 6) is -0.288. The van der Waals surface area contributed by atoms with E-state index in [4.69, 9.17) is 28.4 Å². The summed E-state index contributed by atoms with van der Waals surface area (Å²) in [5, 5.41) is 120. The van der Waals surface area contributed by atoms with Gasteiger partial charge in [-0.3, -0.25) is 4.79 Å². The number of aliphatic hydroxyl groups is 11. The highest BCUT2D eigenvalue weighted by molar-refractivity contribution is 5.76. The molecule has 462 valence electrons. The summed E-state index contributed by atoms with van der Waals surface area (Å²) in [7, 11) is 0. The molecule has 0 aromatic rings. The quantitative estimate of drug-likeness (QED) is 0.0268. The van der Waals surface area contributed by atoms with Crippen molar-refractivity contribution >= 4 is 5.91 Å². The predicted molar refractivity (Wildman–Crippen MR) is 305 cm³/mol. The smallest absolute Gasteiger partial charge is 0.220 e. The molecule has 17 atom stereocenters. The van der Waals surface area contributed by atoms with Crippen LogP contribution in [0.5, 0.6) is 0 Å². The van der Waals surface area contributed by atoms with Crippen LogP contribution in [0, 0.1) is 0 Å². The van der Waals surface area contributed by atoms with Gasteiger partial charge in [-0.25, -0.2) is 0 Å². The van der Waals surface area contributed by atoms with Crippen molar-refractivity contribution in [3.05, 3.63) is 72.9 Å². The lowest BCUT2D eigenvalue weighted by molar-refractivity contribution is -0.379. The fourth-order valence-electron chi connectivity index (χ4n) is 9.84. The monoisotopic (exact) mass is 1140 g/mol. The fraction of sp³-hybridized carbons (Fsp3) is 0.787. The summed E-state index contributed by atoms with van der Waals surface area (Å²) in [5.41, 5.74) is 0. The van der Waals surface area contributed by atoms with Crippen molar-refractivity contribution < 1.29 is 89.4 Å². The maximum Gasteiger partial charge on any atom is 0.220 e. The van der Waals surface area contributed by atoms with Gasteiger partial charge < -0.3 is 89.9 Å². The third-order valence-electron chi connectivity index (χ3n) is 14.8. The van der Waals surface area contributed by atoms with Gasteiger partial charge in [0.15, 0.2) is 18.9 Å². The molecule has 1 amide bonds. The number of amides is 1. The van der Waals surface area contributed by atoms with E-state index in [0.29, 0.717) is 19.3 Å². The zero-order valence-electron chi connectivity index (χ0n) is 48.0. The molecule has 80 heavy (non-hydrogen) atoms. The number of rotatable bonds is 43. The number of allylic oxidation sites excluding steroid dienone is 12. The fourth-order valence-corrected chi connectivity index (χ4v) is 9.84. The summed E-state index contributed by atoms with van der Waals surface area (Å²) in [6.45, 7) is 1.62. The number of ether oxygens (including phenoxy) is 6. The minimum absolute atomic E-state index is 0.207. The Hall–Kier alpha value is -2.77. The molecule has 3 fully saturated rings. The van der Waals surface area contributed by atoms with E-state index in [9.17, 15) is 61.0 Å². The topological polar surface area (TPSA) is 307 Å². The molecule has 17 unspecified atom stereocenters. The van der Waals surface area contributed by atoms with E-state index in [1.807, 2.05) is 0 Å². The lowest BCUT2D eigenvalue weighted by Gasteiger charge is -2.48. The maximum absolute atomic E-state index is 13.3. The second kappa shape index (κ2) is 43.8. The van der Waals surface area contributed by atoms with Crippen molar-refractivity contribution in [2.45, 2.75) is 279 Å². The van der Waals surface area contributed by atoms with Crippen molar-refractivity contribution in [1.82, 2.24) is 5.32 Å². The average Bonchev–Trinajstić information content (AvgIpc) is 3.45. The number of carbonyl (C=O) groups is 1. The highest BCUT2D eigenvalue weighted by Gasteiger charge is 2.53. The molecule has 0 bridgehead atoms. The van der Waals surface area contributed by atoms with Crippen molar-refractivity contribution in [2.75, 3.05) is 26.4 Å². The van der Waals surface area contributed by atoms with Crippen LogP contribution < -0.4 is 5.32 Å². The third kappa shape index (κ3) is 27.3. The molecular formula is C61H105NO18. The Kier molecular flexibility index (Phi) is 39.2. The van der Waals surface area contributed by atoms with Crippen molar-refractivity contribution in [3.63, 3.8) is 0 Å². The molecule has 0 aromatic heterocycles. The normalized spacial score (nSPS) is 30.5. The van der Waals surface area contributed by atoms with Crippen LogP contribution in [0.25, 0.3) is 0 Å². The van der Waals surface area contributed by atoms with Crippen LogP contribution >= 0.6 is 0 Å². The highest BCUT2D eigenvalue weighted by atomic mass is 16.8. The van der Waals surface area contributed by atoms with Crippen LogP contribution in [0.3, 0.4) is 0 Å². The minimum atomic E-state index is -1.98. The summed E-state index contributed by atoms with van der Waals surface area (Å²) in [6, 6.07) is -0.914. The molecule has 3 heterocycles. The zero-order chi connectivity index (χ0) is 58.3. The molecule has 0 saturated carbocycles. The maximum atomic E-state index is 13.3. The van der Waals surface area contributed by atoms with Gasteiger partial charge in [0.25, 0.3) is 0 Å². The molecule has 3 rings (SSSR count). The number of nitrogens with one attached hydrogen (secondary N) is 1. The third-order valence-corrected chi connectivity index (χ3v) is 14.8. The van der Waals surface area contributed by atoms with E-state index in [1.165, 1.54) is 64.2 Å². The number of carbonyl (C=O) groups excluding carboxylic acids is 1. The number of hydrogen-bond acceptors (Lipinski definition) is 18. The number of unbranched alkanes of at least 4 members (excludes halogenated alkanes) is 15.